The largest absolute Gasteiger partial charge is 0.327 e. The summed E-state index contributed by atoms with van der Waals surface area (Å²) in [6.07, 6.45) is 4.92. The van der Waals surface area contributed by atoms with E-state index in [1.807, 2.05) is 6.07 Å². The maximum atomic E-state index is 13.8. The molecule has 1 aliphatic carbocycles. The Balaban J connectivity index is 1.51. The minimum absolute atomic E-state index is 0.119. The first kappa shape index (κ1) is 19.7. The highest BCUT2D eigenvalue weighted by molar-refractivity contribution is 7.90. The predicted octanol–water partition coefficient (Wildman–Crippen LogP) is 2.02. The first-order valence-electron chi connectivity index (χ1n) is 9.60. The average molecular weight is 384 g/mol. The number of hydrogen-bond acceptors (Lipinski definition) is 4. The molecule has 0 spiro atoms. The number of nitrogens with two attached hydrogens (primary N) is 1. The van der Waals surface area contributed by atoms with Crippen molar-refractivity contribution in [1.29, 1.82) is 0 Å². The van der Waals surface area contributed by atoms with Crippen molar-refractivity contribution in [2.45, 2.75) is 68.8 Å². The lowest BCUT2D eigenvalue weighted by atomic mass is 9.99. The number of likely N-dealkylation sites (tertiary alicyclic amines) is 1. The zero-order valence-electron chi connectivity index (χ0n) is 15.4. The maximum Gasteiger partial charge on any atom is 0.214 e. The molecule has 3 N–H and O–H groups in total. The third-order valence-corrected chi connectivity index (χ3v) is 7.47. The van der Waals surface area contributed by atoms with Gasteiger partial charge in [0.05, 0.1) is 5.25 Å². The Morgan fingerprint density at radius 1 is 1.31 bits per heavy atom. The van der Waals surface area contributed by atoms with Crippen LogP contribution in [-0.2, 0) is 16.4 Å². The summed E-state index contributed by atoms with van der Waals surface area (Å²) in [4.78, 5) is 2.36. The van der Waals surface area contributed by atoms with Gasteiger partial charge in [0, 0.05) is 24.7 Å². The van der Waals surface area contributed by atoms with Crippen LogP contribution < -0.4 is 10.5 Å². The molecule has 1 unspecified atom stereocenters. The lowest BCUT2D eigenvalue weighted by molar-refractivity contribution is 0.176. The quantitative estimate of drug-likeness (QED) is 0.684. The van der Waals surface area contributed by atoms with Gasteiger partial charge >= 0.3 is 0 Å². The molecule has 0 amide bonds. The van der Waals surface area contributed by atoms with Gasteiger partial charge in [-0.1, -0.05) is 18.2 Å². The van der Waals surface area contributed by atoms with Crippen molar-refractivity contribution in [3.63, 3.8) is 0 Å². The topological polar surface area (TPSA) is 75.4 Å². The molecule has 5 nitrogen and oxygen atoms in total. The number of rotatable bonds is 9. The van der Waals surface area contributed by atoms with E-state index in [0.29, 0.717) is 18.5 Å². The van der Waals surface area contributed by atoms with Gasteiger partial charge in [-0.25, -0.2) is 17.5 Å². The van der Waals surface area contributed by atoms with Crippen LogP contribution in [0.4, 0.5) is 4.39 Å². The molecule has 1 heterocycles. The number of nitrogens with one attached hydrogen (secondary N) is 1. The van der Waals surface area contributed by atoms with Crippen LogP contribution in [0.1, 0.15) is 44.6 Å². The molecular formula is C19H30FN3O2S. The fourth-order valence-corrected chi connectivity index (χ4v) is 5.39. The van der Waals surface area contributed by atoms with Crippen molar-refractivity contribution in [1.82, 2.24) is 9.62 Å². The van der Waals surface area contributed by atoms with Crippen LogP contribution >= 0.6 is 0 Å². The molecule has 7 heteroatoms. The van der Waals surface area contributed by atoms with Crippen molar-refractivity contribution >= 4 is 10.0 Å². The van der Waals surface area contributed by atoms with Gasteiger partial charge in [0.1, 0.15) is 5.82 Å². The van der Waals surface area contributed by atoms with Crippen LogP contribution in [0.2, 0.25) is 0 Å². The number of halogens is 1. The third-order valence-electron chi connectivity index (χ3n) is 5.56. The Morgan fingerprint density at radius 3 is 2.73 bits per heavy atom. The summed E-state index contributed by atoms with van der Waals surface area (Å²) >= 11 is 0. The van der Waals surface area contributed by atoms with Gasteiger partial charge in [0.2, 0.25) is 10.0 Å². The lowest BCUT2D eigenvalue weighted by Crippen LogP contribution is -2.46. The van der Waals surface area contributed by atoms with E-state index in [1.54, 1.807) is 12.1 Å². The molecule has 0 radical (unpaired) electrons. The molecule has 2 fully saturated rings. The summed E-state index contributed by atoms with van der Waals surface area (Å²) in [7, 11) is -3.14. The molecule has 3 atom stereocenters. The maximum absolute atomic E-state index is 13.8. The third kappa shape index (κ3) is 5.03. The van der Waals surface area contributed by atoms with Gasteiger partial charge in [-0.2, -0.15) is 0 Å². The molecule has 3 rings (SSSR count). The zero-order chi connectivity index (χ0) is 18.7. The summed E-state index contributed by atoms with van der Waals surface area (Å²) in [5.41, 5.74) is 6.93. The van der Waals surface area contributed by atoms with Crippen molar-refractivity contribution in [2.24, 2.45) is 5.73 Å². The number of hydrogen-bond donors (Lipinski definition) is 2. The number of sulfonamides is 1. The minimum Gasteiger partial charge on any atom is -0.327 e. The van der Waals surface area contributed by atoms with Gasteiger partial charge in [0.25, 0.3) is 0 Å². The first-order chi connectivity index (χ1) is 12.4. The van der Waals surface area contributed by atoms with E-state index in [0.717, 1.165) is 38.6 Å². The summed E-state index contributed by atoms with van der Waals surface area (Å²) < 4.78 is 40.7. The van der Waals surface area contributed by atoms with Crippen LogP contribution in [0.15, 0.2) is 24.3 Å². The molecule has 2 aliphatic rings. The van der Waals surface area contributed by atoms with E-state index < -0.39 is 10.0 Å². The van der Waals surface area contributed by atoms with Crippen LogP contribution in [0, 0.1) is 5.82 Å². The van der Waals surface area contributed by atoms with Crippen LogP contribution in [-0.4, -0.2) is 49.8 Å². The zero-order valence-corrected chi connectivity index (χ0v) is 16.2. The molecular weight excluding hydrogens is 353 g/mol. The Kier molecular flexibility index (Phi) is 6.33. The Hall–Kier alpha value is -1.02. The Morgan fingerprint density at radius 2 is 2.04 bits per heavy atom. The van der Waals surface area contributed by atoms with Gasteiger partial charge in [0.15, 0.2) is 0 Å². The fraction of sp³-hybridized carbons (Fsp3) is 0.684. The summed E-state index contributed by atoms with van der Waals surface area (Å²) in [5.74, 6) is -0.205. The van der Waals surface area contributed by atoms with Gasteiger partial charge in [-0.15, -0.1) is 0 Å². The van der Waals surface area contributed by atoms with Crippen molar-refractivity contribution in [3.05, 3.63) is 35.6 Å². The highest BCUT2D eigenvalue weighted by atomic mass is 32.2. The average Bonchev–Trinajstić information content (AvgIpc) is 3.34. The van der Waals surface area contributed by atoms with E-state index in [2.05, 4.69) is 16.5 Å². The summed E-state index contributed by atoms with van der Waals surface area (Å²) in [6, 6.07) is 7.11. The van der Waals surface area contributed by atoms with Crippen LogP contribution in [0.25, 0.3) is 0 Å². The van der Waals surface area contributed by atoms with E-state index in [4.69, 9.17) is 5.73 Å². The normalized spacial score (nSPS) is 23.9. The highest BCUT2D eigenvalue weighted by Gasteiger charge is 2.37. The van der Waals surface area contributed by atoms with Crippen LogP contribution in [0.3, 0.4) is 0 Å². The molecule has 1 aromatic rings. The van der Waals surface area contributed by atoms with Crippen molar-refractivity contribution < 1.29 is 12.8 Å². The summed E-state index contributed by atoms with van der Waals surface area (Å²) in [6.45, 7) is 3.57. The van der Waals surface area contributed by atoms with Crippen molar-refractivity contribution in [2.75, 3.05) is 13.1 Å². The molecule has 26 heavy (non-hydrogen) atoms. The molecule has 0 aromatic heterocycles. The predicted molar refractivity (Wildman–Crippen MR) is 102 cm³/mol. The molecule has 1 aromatic carbocycles. The van der Waals surface area contributed by atoms with Crippen LogP contribution in [0.5, 0.6) is 0 Å². The monoisotopic (exact) mass is 383 g/mol. The second-order valence-electron chi connectivity index (χ2n) is 7.77. The van der Waals surface area contributed by atoms with E-state index in [9.17, 15) is 12.8 Å². The van der Waals surface area contributed by atoms with E-state index >= 15 is 0 Å². The second kappa shape index (κ2) is 8.33. The summed E-state index contributed by atoms with van der Waals surface area (Å²) in [5, 5.41) is -0.177. The Bertz CT molecular complexity index is 708. The minimum atomic E-state index is -3.14. The van der Waals surface area contributed by atoms with Gasteiger partial charge < -0.3 is 5.73 Å². The lowest BCUT2D eigenvalue weighted by Gasteiger charge is -2.32. The molecule has 1 saturated carbocycles. The molecule has 0 bridgehead atoms. The van der Waals surface area contributed by atoms with E-state index in [1.165, 1.54) is 6.07 Å². The van der Waals surface area contributed by atoms with Crippen molar-refractivity contribution in [3.8, 4) is 0 Å². The number of nitrogens with zero attached hydrogens (tertiary/aromatic N) is 1. The first-order valence-corrected chi connectivity index (χ1v) is 11.1. The standard InChI is InChI=1S/C19H30FN3O2S/c1-14(11-16(21)12-15-5-2-3-7-19(15)20)23-10-4-6-17(23)13-22-26(24,25)18-8-9-18/h2-3,5,7,14,16-18,22H,4,6,8-13,21H2,1H3/t14?,16-,17-/m0/s1. The SMILES string of the molecule is CC(C[C@H](N)Cc1ccccc1F)N1CCC[C@H]1CNS(=O)(=O)C1CC1. The van der Waals surface area contributed by atoms with E-state index in [-0.39, 0.29) is 29.2 Å². The molecule has 146 valence electrons. The Labute approximate surface area is 156 Å². The highest BCUT2D eigenvalue weighted by Crippen LogP contribution is 2.28. The molecule has 1 aliphatic heterocycles. The van der Waals surface area contributed by atoms with Gasteiger partial charge in [-0.3, -0.25) is 4.90 Å². The van der Waals surface area contributed by atoms with Gasteiger partial charge in [-0.05, 0) is 63.6 Å². The second-order valence-corrected chi connectivity index (χ2v) is 9.81. The number of benzene rings is 1. The molecule has 1 saturated heterocycles. The smallest absolute Gasteiger partial charge is 0.214 e. The fourth-order valence-electron chi connectivity index (χ4n) is 3.97.